The van der Waals surface area contributed by atoms with Crippen molar-refractivity contribution in [3.05, 3.63) is 10.1 Å². The first-order valence-electron chi connectivity index (χ1n) is 10.9. The Balaban J connectivity index is 2.58. The second-order valence-corrected chi connectivity index (χ2v) is 9.94. The molecule has 0 bridgehead atoms. The van der Waals surface area contributed by atoms with Gasteiger partial charge in [-0.1, -0.05) is 0 Å². The molecule has 0 aromatic carbocycles. The number of alkyl carbamates (subject to hydrolysis) is 1. The molecule has 1 saturated heterocycles. The summed E-state index contributed by atoms with van der Waals surface area (Å²) in [4.78, 5) is 53.7. The van der Waals surface area contributed by atoms with Gasteiger partial charge in [-0.3, -0.25) is 4.79 Å². The molecule has 1 aliphatic heterocycles. The van der Waals surface area contributed by atoms with Crippen LogP contribution in [0.5, 0.6) is 0 Å². The van der Waals surface area contributed by atoms with E-state index in [4.69, 9.17) is 9.47 Å². The zero-order chi connectivity index (χ0) is 24.5. The predicted molar refractivity (Wildman–Crippen MR) is 115 cm³/mol. The Kier molecular flexibility index (Phi) is 10.2. The summed E-state index contributed by atoms with van der Waals surface area (Å²) in [6, 6.07) is -1.01. The van der Waals surface area contributed by atoms with Gasteiger partial charge in [-0.05, 0) is 73.1 Å². The Bertz CT molecular complexity index is 661. The molecule has 1 fully saturated rings. The number of hydrogen-bond acceptors (Lipinski definition) is 8. The van der Waals surface area contributed by atoms with E-state index < -0.39 is 34.4 Å². The van der Waals surface area contributed by atoms with Gasteiger partial charge in [-0.25, -0.2) is 9.59 Å². The van der Waals surface area contributed by atoms with Crippen molar-refractivity contribution in [2.24, 2.45) is 5.92 Å². The maximum atomic E-state index is 12.7. The normalized spacial score (nSPS) is 16.1. The van der Waals surface area contributed by atoms with E-state index in [1.54, 1.807) is 46.4 Å². The van der Waals surface area contributed by atoms with Crippen LogP contribution in [0.3, 0.4) is 0 Å². The Morgan fingerprint density at radius 1 is 1.06 bits per heavy atom. The molecule has 2 amide bonds. The number of carbonyl (C=O) groups excluding carboxylic acids is 3. The first-order valence-corrected chi connectivity index (χ1v) is 10.9. The van der Waals surface area contributed by atoms with Crippen LogP contribution in [0, 0.1) is 16.0 Å². The summed E-state index contributed by atoms with van der Waals surface area (Å²) in [5.74, 6) is -0.479. The molecule has 0 saturated carbocycles. The highest BCUT2D eigenvalue weighted by molar-refractivity contribution is 5.83. The third-order valence-corrected chi connectivity index (χ3v) is 4.72. The quantitative estimate of drug-likeness (QED) is 0.316. The van der Waals surface area contributed by atoms with Crippen molar-refractivity contribution < 1.29 is 33.8 Å². The number of ether oxygens (including phenoxy) is 2. The molecule has 1 unspecified atom stereocenters. The highest BCUT2D eigenvalue weighted by Gasteiger charge is 2.30. The Labute approximate surface area is 189 Å². The first-order chi connectivity index (χ1) is 14.7. The van der Waals surface area contributed by atoms with Crippen LogP contribution < -0.4 is 5.32 Å². The summed E-state index contributed by atoms with van der Waals surface area (Å²) in [7, 11) is 0. The Morgan fingerprint density at radius 2 is 1.62 bits per heavy atom. The van der Waals surface area contributed by atoms with Gasteiger partial charge in [0, 0.05) is 19.5 Å². The van der Waals surface area contributed by atoms with Gasteiger partial charge >= 0.3 is 12.1 Å². The van der Waals surface area contributed by atoms with E-state index in [1.807, 2.05) is 0 Å². The van der Waals surface area contributed by atoms with Crippen LogP contribution >= 0.6 is 0 Å². The topological polar surface area (TPSA) is 137 Å². The molecule has 0 aromatic heterocycles. The van der Waals surface area contributed by atoms with Gasteiger partial charge in [-0.15, -0.1) is 10.1 Å². The van der Waals surface area contributed by atoms with E-state index in [0.29, 0.717) is 19.5 Å². The maximum absolute atomic E-state index is 12.7. The van der Waals surface area contributed by atoms with E-state index >= 15 is 0 Å². The van der Waals surface area contributed by atoms with Gasteiger partial charge in [0.1, 0.15) is 17.2 Å². The number of nitrogens with one attached hydrogen (secondary N) is 1. The maximum Gasteiger partial charge on any atom is 0.408 e. The van der Waals surface area contributed by atoms with Crippen LogP contribution in [0.4, 0.5) is 4.79 Å². The Morgan fingerprint density at radius 3 is 2.12 bits per heavy atom. The molecular weight excluding hydrogens is 422 g/mol. The molecule has 32 heavy (non-hydrogen) atoms. The summed E-state index contributed by atoms with van der Waals surface area (Å²) < 4.78 is 10.6. The number of piperidine rings is 1. The number of rotatable bonds is 9. The second-order valence-electron chi connectivity index (χ2n) is 9.94. The van der Waals surface area contributed by atoms with Crippen LogP contribution in [-0.2, 0) is 23.9 Å². The van der Waals surface area contributed by atoms with Crippen molar-refractivity contribution in [2.75, 3.05) is 19.7 Å². The van der Waals surface area contributed by atoms with Crippen LogP contribution in [0.25, 0.3) is 0 Å². The van der Waals surface area contributed by atoms with Crippen molar-refractivity contribution in [1.29, 1.82) is 0 Å². The molecule has 0 aliphatic carbocycles. The minimum absolute atomic E-state index is 0.0551. The van der Waals surface area contributed by atoms with Gasteiger partial charge < -0.3 is 24.5 Å². The molecule has 1 heterocycles. The van der Waals surface area contributed by atoms with Crippen LogP contribution in [0.15, 0.2) is 0 Å². The first kappa shape index (κ1) is 27.4. The monoisotopic (exact) mass is 459 g/mol. The zero-order valence-corrected chi connectivity index (χ0v) is 20.0. The van der Waals surface area contributed by atoms with Crippen molar-refractivity contribution in [2.45, 2.75) is 90.9 Å². The molecule has 1 atom stereocenters. The highest BCUT2D eigenvalue weighted by atomic mass is 16.9. The molecule has 0 radical (unpaired) electrons. The lowest BCUT2D eigenvalue weighted by molar-refractivity contribution is -0.758. The van der Waals surface area contributed by atoms with Crippen LogP contribution in [0.2, 0.25) is 0 Å². The molecule has 1 aliphatic rings. The largest absolute Gasteiger partial charge is 0.458 e. The van der Waals surface area contributed by atoms with Gasteiger partial charge in [0.05, 0.1) is 6.61 Å². The smallest absolute Gasteiger partial charge is 0.408 e. The fourth-order valence-electron chi connectivity index (χ4n) is 3.26. The average Bonchev–Trinajstić information content (AvgIpc) is 2.62. The third-order valence-electron chi connectivity index (χ3n) is 4.72. The number of esters is 1. The van der Waals surface area contributed by atoms with Crippen LogP contribution in [-0.4, -0.2) is 64.9 Å². The van der Waals surface area contributed by atoms with Gasteiger partial charge in [-0.2, -0.15) is 0 Å². The van der Waals surface area contributed by atoms with Gasteiger partial charge in [0.25, 0.3) is 5.09 Å². The fourth-order valence-corrected chi connectivity index (χ4v) is 3.26. The summed E-state index contributed by atoms with van der Waals surface area (Å²) in [6.07, 6.45) is 1.44. The minimum atomic E-state index is -1.01. The number of amides is 2. The third kappa shape index (κ3) is 11.7. The molecule has 0 aromatic rings. The van der Waals surface area contributed by atoms with Gasteiger partial charge in [0.2, 0.25) is 5.91 Å². The van der Waals surface area contributed by atoms with Crippen LogP contribution in [0.1, 0.15) is 73.6 Å². The van der Waals surface area contributed by atoms with E-state index in [9.17, 15) is 24.5 Å². The number of hydrogen-bond donors (Lipinski definition) is 1. The van der Waals surface area contributed by atoms with Crippen molar-refractivity contribution in [3.63, 3.8) is 0 Å². The lowest BCUT2D eigenvalue weighted by Gasteiger charge is -2.32. The molecule has 1 N–H and O–H groups in total. The van der Waals surface area contributed by atoms with Crippen molar-refractivity contribution in [3.8, 4) is 0 Å². The lowest BCUT2D eigenvalue weighted by atomic mass is 9.93. The van der Waals surface area contributed by atoms with Crippen molar-refractivity contribution in [1.82, 2.24) is 10.2 Å². The fraction of sp³-hybridized carbons (Fsp3) is 0.857. The Hall–Kier alpha value is -2.59. The molecule has 1 rings (SSSR count). The van der Waals surface area contributed by atoms with E-state index in [0.717, 1.165) is 12.8 Å². The van der Waals surface area contributed by atoms with E-state index in [1.165, 1.54) is 0 Å². The average molecular weight is 460 g/mol. The minimum Gasteiger partial charge on any atom is -0.458 e. The van der Waals surface area contributed by atoms with E-state index in [-0.39, 0.29) is 31.3 Å². The second kappa shape index (κ2) is 11.9. The highest BCUT2D eigenvalue weighted by Crippen LogP contribution is 2.22. The van der Waals surface area contributed by atoms with E-state index in [2.05, 4.69) is 10.2 Å². The summed E-state index contributed by atoms with van der Waals surface area (Å²) in [6.45, 7) is 11.4. The number of nitrogens with zero attached hydrogens (tertiary/aromatic N) is 2. The number of likely N-dealkylation sites (tertiary alicyclic amines) is 1. The summed E-state index contributed by atoms with van der Waals surface area (Å²) in [5.41, 5.74) is -1.47. The molecule has 0 spiro atoms. The SMILES string of the molecule is CC(C)(C)OC(=O)NC(CCC(=O)N1CCC(CCO[N+](=O)[O-])CC1)C(=O)OC(C)(C)C. The predicted octanol–water partition coefficient (Wildman–Crippen LogP) is 2.84. The zero-order valence-electron chi connectivity index (χ0n) is 20.0. The molecule has 184 valence electrons. The van der Waals surface area contributed by atoms with Gasteiger partial charge in [0.15, 0.2) is 0 Å². The molecule has 11 heteroatoms. The van der Waals surface area contributed by atoms with Crippen molar-refractivity contribution >= 4 is 18.0 Å². The molecule has 11 nitrogen and oxygen atoms in total. The molecular formula is C21H37N3O8. The lowest BCUT2D eigenvalue weighted by Crippen LogP contribution is -2.47. The standard InChI is InChI=1S/C21H37N3O8/c1-20(2,3)31-18(26)16(22-19(27)32-21(4,5)6)7-8-17(25)23-12-9-15(10-13-23)11-14-30-24(28)29/h15-16H,7-14H2,1-6H3,(H,22,27). The summed E-state index contributed by atoms with van der Waals surface area (Å²) in [5, 5.41) is 11.9. The summed E-state index contributed by atoms with van der Waals surface area (Å²) >= 11 is 0. The number of carbonyl (C=O) groups is 3.